The van der Waals surface area contributed by atoms with Crippen LogP contribution in [0, 0.1) is 11.8 Å². The van der Waals surface area contributed by atoms with Crippen molar-refractivity contribution >= 4 is 50.7 Å². The van der Waals surface area contributed by atoms with Crippen LogP contribution in [-0.4, -0.2) is 96.3 Å². The number of nitrogens with one attached hydrogen (secondary N) is 3. The van der Waals surface area contributed by atoms with Crippen molar-refractivity contribution in [2.24, 2.45) is 11.8 Å². The Labute approximate surface area is 344 Å². The van der Waals surface area contributed by atoms with Crippen LogP contribution in [0.5, 0.6) is 5.75 Å². The predicted molar refractivity (Wildman–Crippen MR) is 219 cm³/mol. The van der Waals surface area contributed by atoms with Gasteiger partial charge in [-0.25, -0.2) is 23.0 Å². The lowest BCUT2D eigenvalue weighted by molar-refractivity contribution is -0.150. The molecule has 2 saturated carbocycles. The van der Waals surface area contributed by atoms with Gasteiger partial charge in [-0.15, -0.1) is 6.58 Å². The Morgan fingerprint density at radius 2 is 1.76 bits per heavy atom. The summed E-state index contributed by atoms with van der Waals surface area (Å²) in [5.74, 6) is -3.48. The van der Waals surface area contributed by atoms with Gasteiger partial charge in [0.25, 0.3) is 5.91 Å². The Balaban J connectivity index is 1.36. The number of hydrogen-bond donors (Lipinski definition) is 3. The lowest BCUT2D eigenvalue weighted by Gasteiger charge is -2.32. The molecule has 2 heterocycles. The van der Waals surface area contributed by atoms with E-state index in [1.54, 1.807) is 27.9 Å². The molecule has 0 bridgehead atoms. The minimum atomic E-state index is -3.95. The molecule has 6 atom stereocenters. The zero-order valence-electron chi connectivity index (χ0n) is 33.9. The zero-order valence-corrected chi connectivity index (χ0v) is 34.7. The normalized spacial score (nSPS) is 22.3. The van der Waals surface area contributed by atoms with Crippen molar-refractivity contribution in [3.63, 3.8) is 0 Å². The van der Waals surface area contributed by atoms with E-state index in [-0.39, 0.29) is 25.3 Å². The van der Waals surface area contributed by atoms with Crippen molar-refractivity contribution in [3.8, 4) is 17.0 Å². The van der Waals surface area contributed by atoms with Crippen LogP contribution in [0.1, 0.15) is 58.9 Å². The molecule has 0 spiro atoms. The fraction of sp³-hybridized carbons (Fsp3) is 0.442. The highest BCUT2D eigenvalue weighted by molar-refractivity contribution is 7.91. The van der Waals surface area contributed by atoms with E-state index in [1.807, 2.05) is 54.6 Å². The number of likely N-dealkylation sites (tertiary alicyclic amines) is 1. The average Bonchev–Trinajstić information content (AvgIpc) is 4.12. The van der Waals surface area contributed by atoms with Crippen LogP contribution >= 0.6 is 0 Å². The fourth-order valence-electron chi connectivity index (χ4n) is 7.52. The largest absolute Gasteiger partial charge is 0.497 e. The molecule has 0 unspecified atom stereocenters. The second-order valence-electron chi connectivity index (χ2n) is 16.4. The highest BCUT2D eigenvalue weighted by atomic mass is 32.2. The fourth-order valence-corrected chi connectivity index (χ4v) is 8.88. The Morgan fingerprint density at radius 3 is 2.37 bits per heavy atom. The molecular formula is C43H51N5O10S. The van der Waals surface area contributed by atoms with E-state index in [9.17, 15) is 32.4 Å². The van der Waals surface area contributed by atoms with E-state index in [0.717, 1.165) is 22.6 Å². The summed E-state index contributed by atoms with van der Waals surface area (Å²) in [6.07, 6.45) is 1.66. The molecule has 6 rings (SSSR count). The predicted octanol–water partition coefficient (Wildman–Crippen LogP) is 4.35. The highest BCUT2D eigenvalue weighted by Crippen LogP contribution is 2.46. The quantitative estimate of drug-likeness (QED) is 0.112. The van der Waals surface area contributed by atoms with Crippen LogP contribution in [0.25, 0.3) is 22.2 Å². The first-order valence-electron chi connectivity index (χ1n) is 19.5. The number of benzene rings is 2. The number of fused-ring (bicyclic) bond motifs is 1. The van der Waals surface area contributed by atoms with Crippen molar-refractivity contribution in [3.05, 3.63) is 85.5 Å². The number of sulfonamides is 1. The molecular weight excluding hydrogens is 779 g/mol. The number of aromatic nitrogens is 1. The number of esters is 1. The van der Waals surface area contributed by atoms with Gasteiger partial charge in [0.2, 0.25) is 21.8 Å². The summed E-state index contributed by atoms with van der Waals surface area (Å²) in [5.41, 5.74) is 0.606. The summed E-state index contributed by atoms with van der Waals surface area (Å²) < 4.78 is 44.1. The van der Waals surface area contributed by atoms with Crippen molar-refractivity contribution in [2.45, 2.75) is 94.4 Å². The molecule has 1 aromatic heterocycles. The van der Waals surface area contributed by atoms with Crippen LogP contribution in [0.2, 0.25) is 0 Å². The van der Waals surface area contributed by atoms with E-state index in [2.05, 4.69) is 28.5 Å². The van der Waals surface area contributed by atoms with Crippen molar-refractivity contribution in [1.82, 2.24) is 25.2 Å². The van der Waals surface area contributed by atoms with Gasteiger partial charge in [0, 0.05) is 35.6 Å². The third-order valence-electron chi connectivity index (χ3n) is 10.8. The SMILES string of the molecule is C=CC(=O)O[C@H](C)[C@H](NC(=O)OC(C)(C)C)C(=O)N1C[C@H](Cc2cc(-c3ccccc3)nc3cc(OC)ccc23)C[C@H]1C(=O)N[C@]1(C(=O)NS(=O)(=O)C2CC2)C[C@H]1C=C. The maximum Gasteiger partial charge on any atom is 0.408 e. The Morgan fingerprint density at radius 1 is 1.05 bits per heavy atom. The van der Waals surface area contributed by atoms with Crippen LogP contribution in [0.15, 0.2) is 79.9 Å². The van der Waals surface area contributed by atoms with Gasteiger partial charge in [-0.2, -0.15) is 0 Å². The molecule has 3 aliphatic rings. The summed E-state index contributed by atoms with van der Waals surface area (Å²) in [4.78, 5) is 74.6. The van der Waals surface area contributed by atoms with E-state index in [1.165, 1.54) is 17.9 Å². The lowest BCUT2D eigenvalue weighted by atomic mass is 9.93. The monoisotopic (exact) mass is 829 g/mol. The number of amides is 4. The van der Waals surface area contributed by atoms with Gasteiger partial charge >= 0.3 is 12.1 Å². The first kappa shape index (κ1) is 42.8. The molecule has 2 aromatic carbocycles. The summed E-state index contributed by atoms with van der Waals surface area (Å²) in [5, 5.41) is 5.50. The molecule has 4 amide bonds. The van der Waals surface area contributed by atoms with Gasteiger partial charge in [0.05, 0.1) is 23.6 Å². The van der Waals surface area contributed by atoms with Gasteiger partial charge in [-0.05, 0) is 89.5 Å². The summed E-state index contributed by atoms with van der Waals surface area (Å²) in [7, 11) is -2.38. The van der Waals surface area contributed by atoms with Gasteiger partial charge < -0.3 is 29.7 Å². The second kappa shape index (κ2) is 16.8. The molecule has 16 heteroatoms. The van der Waals surface area contributed by atoms with Gasteiger partial charge in [-0.1, -0.05) is 43.0 Å². The van der Waals surface area contributed by atoms with Crippen LogP contribution in [-0.2, 0) is 45.1 Å². The molecule has 3 N–H and O–H groups in total. The van der Waals surface area contributed by atoms with Crippen LogP contribution < -0.4 is 20.1 Å². The number of rotatable bonds is 15. The maximum atomic E-state index is 14.8. The molecule has 314 valence electrons. The number of hydrogen-bond acceptors (Lipinski definition) is 11. The minimum absolute atomic E-state index is 0.0202. The number of methoxy groups -OCH3 is 1. The maximum absolute atomic E-state index is 14.8. The minimum Gasteiger partial charge on any atom is -0.497 e. The van der Waals surface area contributed by atoms with E-state index in [4.69, 9.17) is 19.2 Å². The Hall–Kier alpha value is -5.77. The Kier molecular flexibility index (Phi) is 12.2. The van der Waals surface area contributed by atoms with Crippen LogP contribution in [0.3, 0.4) is 0 Å². The number of carbonyl (C=O) groups excluding carboxylic acids is 5. The number of alkyl carbamates (subject to hydrolysis) is 1. The van der Waals surface area contributed by atoms with E-state index in [0.29, 0.717) is 36.2 Å². The first-order valence-corrected chi connectivity index (χ1v) is 21.1. The third-order valence-corrected chi connectivity index (χ3v) is 12.6. The molecule has 2 aliphatic carbocycles. The number of carbonyl (C=O) groups is 5. The smallest absolute Gasteiger partial charge is 0.408 e. The number of pyridine rings is 1. The van der Waals surface area contributed by atoms with Crippen molar-refractivity contribution < 1.29 is 46.6 Å². The topological polar surface area (TPSA) is 199 Å². The lowest BCUT2D eigenvalue weighted by Crippen LogP contribution is -2.60. The molecule has 3 aromatic rings. The van der Waals surface area contributed by atoms with Crippen molar-refractivity contribution in [1.29, 1.82) is 0 Å². The number of nitrogens with zero attached hydrogens (tertiary/aromatic N) is 2. The molecule has 1 saturated heterocycles. The molecule has 15 nitrogen and oxygen atoms in total. The van der Waals surface area contributed by atoms with Gasteiger partial charge in [0.15, 0.2) is 0 Å². The average molecular weight is 830 g/mol. The van der Waals surface area contributed by atoms with Gasteiger partial charge in [-0.3, -0.25) is 19.1 Å². The first-order chi connectivity index (χ1) is 27.9. The van der Waals surface area contributed by atoms with E-state index < -0.39 is 80.3 Å². The molecule has 3 fully saturated rings. The molecule has 0 radical (unpaired) electrons. The Bertz CT molecular complexity index is 2270. The summed E-state index contributed by atoms with van der Waals surface area (Å²) in [6, 6.07) is 14.5. The van der Waals surface area contributed by atoms with Gasteiger partial charge in [0.1, 0.15) is 35.1 Å². The standard InChI is InChI=1S/C43H51N5O10S/c1-8-29-23-43(29,40(52)47-59(54,55)31-16-17-31)46-38(50)35-20-26(24-48(35)39(51)37(25(3)57-36(49)9-2)45-41(53)58-42(4,5)6)19-28-21-33(27-13-11-10-12-14-27)44-34-22-30(56-7)15-18-32(28)34/h8-15,18,21-22,25-26,29,31,35,37H,1-2,16-17,19-20,23-24H2,3-7H3,(H,45,53)(H,46,50)(H,47,52)/t25-,26-,29-,35+,37+,43-/m1/s1. The third kappa shape index (κ3) is 9.75. The van der Waals surface area contributed by atoms with Crippen LogP contribution in [0.4, 0.5) is 4.79 Å². The number of ether oxygens (including phenoxy) is 3. The highest BCUT2D eigenvalue weighted by Gasteiger charge is 2.62. The summed E-state index contributed by atoms with van der Waals surface area (Å²) in [6.45, 7) is 13.6. The second-order valence-corrected chi connectivity index (χ2v) is 18.3. The van der Waals surface area contributed by atoms with Crippen molar-refractivity contribution in [2.75, 3.05) is 13.7 Å². The zero-order chi connectivity index (χ0) is 42.9. The summed E-state index contributed by atoms with van der Waals surface area (Å²) >= 11 is 0. The molecule has 1 aliphatic heterocycles. The van der Waals surface area contributed by atoms with E-state index >= 15 is 0 Å². The molecule has 59 heavy (non-hydrogen) atoms.